The van der Waals surface area contributed by atoms with Crippen molar-refractivity contribution in [1.29, 1.82) is 0 Å². The summed E-state index contributed by atoms with van der Waals surface area (Å²) in [5.41, 5.74) is 0.728. The van der Waals surface area contributed by atoms with Crippen LogP contribution in [-0.4, -0.2) is 52.0 Å². The number of carbonyl (C=O) groups is 1. The molecule has 1 aliphatic heterocycles. The smallest absolute Gasteiger partial charge is 0.241 e. The van der Waals surface area contributed by atoms with Gasteiger partial charge < -0.3 is 9.42 Å². The minimum absolute atomic E-state index is 0.283. The summed E-state index contributed by atoms with van der Waals surface area (Å²) in [5, 5.41) is 3.96. The summed E-state index contributed by atoms with van der Waals surface area (Å²) in [5.74, 6) is 1.31. The van der Waals surface area contributed by atoms with Crippen molar-refractivity contribution >= 4 is 5.91 Å². The first-order valence-corrected chi connectivity index (χ1v) is 8.29. The van der Waals surface area contributed by atoms with Crippen LogP contribution in [0.2, 0.25) is 0 Å². The van der Waals surface area contributed by atoms with Crippen LogP contribution in [0.15, 0.2) is 28.8 Å². The molecule has 6 nitrogen and oxygen atoms in total. The summed E-state index contributed by atoms with van der Waals surface area (Å²) >= 11 is 0. The van der Waals surface area contributed by atoms with E-state index in [4.69, 9.17) is 4.52 Å². The molecule has 2 heterocycles. The Hall–Kier alpha value is -2.28. The summed E-state index contributed by atoms with van der Waals surface area (Å²) in [7, 11) is 0. The van der Waals surface area contributed by atoms with E-state index in [1.54, 1.807) is 12.1 Å². The first kappa shape index (κ1) is 15.3. The van der Waals surface area contributed by atoms with Gasteiger partial charge in [0.25, 0.3) is 0 Å². The van der Waals surface area contributed by atoms with Crippen LogP contribution in [0.4, 0.5) is 4.39 Å². The van der Waals surface area contributed by atoms with Crippen LogP contribution >= 0.6 is 0 Å². The van der Waals surface area contributed by atoms with Gasteiger partial charge in [-0.2, -0.15) is 4.98 Å². The molecule has 4 rings (SSSR count). The van der Waals surface area contributed by atoms with E-state index >= 15 is 0 Å². The average molecular weight is 330 g/mol. The molecule has 24 heavy (non-hydrogen) atoms. The zero-order valence-electron chi connectivity index (χ0n) is 13.3. The number of hydrogen-bond acceptors (Lipinski definition) is 5. The van der Waals surface area contributed by atoms with Gasteiger partial charge in [-0.3, -0.25) is 9.69 Å². The second kappa shape index (κ2) is 6.32. The first-order chi connectivity index (χ1) is 11.7. The minimum Gasteiger partial charge on any atom is -0.340 e. The number of rotatable bonds is 4. The van der Waals surface area contributed by atoms with Crippen molar-refractivity contribution in [3.8, 4) is 11.4 Å². The van der Waals surface area contributed by atoms with Gasteiger partial charge in [0, 0.05) is 37.7 Å². The van der Waals surface area contributed by atoms with Crippen molar-refractivity contribution < 1.29 is 13.7 Å². The van der Waals surface area contributed by atoms with E-state index in [0.717, 1.165) is 44.6 Å². The lowest BCUT2D eigenvalue weighted by Gasteiger charge is -2.34. The third kappa shape index (κ3) is 3.31. The van der Waals surface area contributed by atoms with Crippen molar-refractivity contribution in [3.63, 3.8) is 0 Å². The normalized spacial score (nSPS) is 18.8. The molecule has 1 amide bonds. The fraction of sp³-hybridized carbons (Fsp3) is 0.471. The van der Waals surface area contributed by atoms with Crippen LogP contribution in [0, 0.1) is 11.7 Å². The highest BCUT2D eigenvalue weighted by molar-refractivity contribution is 5.81. The Balaban J connectivity index is 1.33. The van der Waals surface area contributed by atoms with Gasteiger partial charge in [-0.05, 0) is 37.1 Å². The summed E-state index contributed by atoms with van der Waals surface area (Å²) in [6.45, 7) is 3.71. The highest BCUT2D eigenvalue weighted by Gasteiger charge is 2.34. The molecule has 0 spiro atoms. The van der Waals surface area contributed by atoms with Crippen LogP contribution in [0.1, 0.15) is 18.7 Å². The molecule has 7 heteroatoms. The van der Waals surface area contributed by atoms with Crippen molar-refractivity contribution in [1.82, 2.24) is 19.9 Å². The van der Waals surface area contributed by atoms with Gasteiger partial charge in [0.15, 0.2) is 0 Å². The molecule has 0 N–H and O–H groups in total. The molecule has 2 aliphatic rings. The Kier molecular flexibility index (Phi) is 4.02. The number of hydrogen-bond donors (Lipinski definition) is 0. The van der Waals surface area contributed by atoms with Gasteiger partial charge in [0.05, 0.1) is 6.54 Å². The molecule has 0 radical (unpaired) electrons. The monoisotopic (exact) mass is 330 g/mol. The Morgan fingerprint density at radius 3 is 2.54 bits per heavy atom. The Labute approximate surface area is 139 Å². The Morgan fingerprint density at radius 1 is 1.17 bits per heavy atom. The fourth-order valence-corrected chi connectivity index (χ4v) is 2.94. The van der Waals surface area contributed by atoms with E-state index in [1.165, 1.54) is 12.1 Å². The molecule has 1 saturated heterocycles. The Morgan fingerprint density at radius 2 is 1.88 bits per heavy atom. The van der Waals surface area contributed by atoms with Crippen molar-refractivity contribution in [2.45, 2.75) is 19.4 Å². The predicted molar refractivity (Wildman–Crippen MR) is 84.3 cm³/mol. The van der Waals surface area contributed by atoms with Gasteiger partial charge in [-0.1, -0.05) is 5.16 Å². The summed E-state index contributed by atoms with van der Waals surface area (Å²) in [6.07, 6.45) is 2.10. The maximum Gasteiger partial charge on any atom is 0.241 e. The highest BCUT2D eigenvalue weighted by Crippen LogP contribution is 2.31. The maximum absolute atomic E-state index is 13.0. The zero-order chi connectivity index (χ0) is 16.5. The topological polar surface area (TPSA) is 62.5 Å². The van der Waals surface area contributed by atoms with Crippen molar-refractivity contribution in [2.75, 3.05) is 26.2 Å². The molecule has 1 aromatic heterocycles. The first-order valence-electron chi connectivity index (χ1n) is 8.29. The van der Waals surface area contributed by atoms with Gasteiger partial charge in [-0.15, -0.1) is 0 Å². The SMILES string of the molecule is O=C(C1CC1)N1CCN(Cc2nc(-c3ccc(F)cc3)no2)CC1. The van der Waals surface area contributed by atoms with E-state index < -0.39 is 0 Å². The van der Waals surface area contributed by atoms with Crippen LogP contribution in [-0.2, 0) is 11.3 Å². The lowest BCUT2D eigenvalue weighted by atomic mass is 10.2. The summed E-state index contributed by atoms with van der Waals surface area (Å²) in [4.78, 5) is 20.6. The van der Waals surface area contributed by atoms with Crippen LogP contribution in [0.3, 0.4) is 0 Å². The van der Waals surface area contributed by atoms with E-state index in [0.29, 0.717) is 24.2 Å². The van der Waals surface area contributed by atoms with E-state index in [9.17, 15) is 9.18 Å². The lowest BCUT2D eigenvalue weighted by molar-refractivity contribution is -0.134. The number of aromatic nitrogens is 2. The average Bonchev–Trinajstić information content (AvgIpc) is 3.35. The van der Waals surface area contributed by atoms with E-state index in [2.05, 4.69) is 15.0 Å². The standard InChI is InChI=1S/C17H19FN4O2/c18-14-5-3-12(4-6-14)16-19-15(24-20-16)11-21-7-9-22(10-8-21)17(23)13-1-2-13/h3-6,13H,1-2,7-11H2. The molecule has 0 atom stereocenters. The molecular formula is C17H19FN4O2. The molecular weight excluding hydrogens is 311 g/mol. The number of carbonyl (C=O) groups excluding carboxylic acids is 1. The molecule has 1 saturated carbocycles. The quantitative estimate of drug-likeness (QED) is 0.857. The number of halogens is 1. The van der Waals surface area contributed by atoms with E-state index in [1.807, 2.05) is 4.90 Å². The number of piperazine rings is 1. The minimum atomic E-state index is -0.291. The Bertz CT molecular complexity index is 718. The summed E-state index contributed by atoms with van der Waals surface area (Å²) < 4.78 is 18.3. The zero-order valence-corrected chi connectivity index (χ0v) is 13.3. The third-order valence-electron chi connectivity index (χ3n) is 4.54. The third-order valence-corrected chi connectivity index (χ3v) is 4.54. The largest absolute Gasteiger partial charge is 0.340 e. The van der Waals surface area contributed by atoms with Crippen LogP contribution in [0.25, 0.3) is 11.4 Å². The van der Waals surface area contributed by atoms with Gasteiger partial charge in [0.2, 0.25) is 17.6 Å². The van der Waals surface area contributed by atoms with Crippen molar-refractivity contribution in [2.24, 2.45) is 5.92 Å². The van der Waals surface area contributed by atoms with Gasteiger partial charge in [0.1, 0.15) is 5.82 Å². The molecule has 2 aromatic rings. The molecule has 1 aromatic carbocycles. The molecule has 2 fully saturated rings. The second-order valence-electron chi connectivity index (χ2n) is 6.39. The number of benzene rings is 1. The van der Waals surface area contributed by atoms with Gasteiger partial charge in [-0.25, -0.2) is 4.39 Å². The van der Waals surface area contributed by atoms with Crippen molar-refractivity contribution in [3.05, 3.63) is 36.0 Å². The maximum atomic E-state index is 13.0. The number of amides is 1. The number of nitrogens with zero attached hydrogens (tertiary/aromatic N) is 4. The van der Waals surface area contributed by atoms with Crippen LogP contribution < -0.4 is 0 Å². The lowest BCUT2D eigenvalue weighted by Crippen LogP contribution is -2.48. The van der Waals surface area contributed by atoms with E-state index in [-0.39, 0.29) is 11.7 Å². The molecule has 0 unspecified atom stereocenters. The van der Waals surface area contributed by atoms with Gasteiger partial charge >= 0.3 is 0 Å². The molecule has 1 aliphatic carbocycles. The fourth-order valence-electron chi connectivity index (χ4n) is 2.94. The molecule has 0 bridgehead atoms. The summed E-state index contributed by atoms with van der Waals surface area (Å²) in [6, 6.07) is 6.02. The second-order valence-corrected chi connectivity index (χ2v) is 6.39. The molecule has 126 valence electrons. The van der Waals surface area contributed by atoms with Crippen LogP contribution in [0.5, 0.6) is 0 Å². The highest BCUT2D eigenvalue weighted by atomic mass is 19.1. The predicted octanol–water partition coefficient (Wildman–Crippen LogP) is 1.93.